The summed E-state index contributed by atoms with van der Waals surface area (Å²) in [7, 11) is 0. The van der Waals surface area contributed by atoms with Gasteiger partial charge in [0, 0.05) is 9.45 Å². The number of ether oxygens (including phenoxy) is 1. The average molecular weight is 336 g/mol. The number of alkyl halides is 4. The molecule has 0 N–H and O–H groups in total. The normalized spacial score (nSPS) is 11.5. The Morgan fingerprint density at radius 2 is 1.93 bits per heavy atom. The van der Waals surface area contributed by atoms with Gasteiger partial charge in [-0.2, -0.15) is 0 Å². The largest absolute Gasteiger partial charge is 0.573 e. The van der Waals surface area contributed by atoms with Crippen molar-refractivity contribution in [1.29, 1.82) is 0 Å². The Labute approximate surface area is 97.3 Å². The Bertz CT molecular complexity index is 327. The van der Waals surface area contributed by atoms with Crippen LogP contribution in [0, 0.1) is 0 Å². The molecule has 78 valence electrons. The van der Waals surface area contributed by atoms with Crippen LogP contribution in [0.25, 0.3) is 0 Å². The molecular formula is C8H5ClF3IO. The molecule has 0 amide bonds. The Hall–Kier alpha value is -0.170. The fourth-order valence-electron chi connectivity index (χ4n) is 0.890. The van der Waals surface area contributed by atoms with Gasteiger partial charge in [0.1, 0.15) is 5.75 Å². The van der Waals surface area contributed by atoms with Crippen molar-refractivity contribution >= 4 is 34.2 Å². The summed E-state index contributed by atoms with van der Waals surface area (Å²) in [4.78, 5) is 0. The van der Waals surface area contributed by atoms with Crippen LogP contribution in [0.4, 0.5) is 13.2 Å². The number of benzene rings is 1. The molecule has 0 aliphatic heterocycles. The van der Waals surface area contributed by atoms with Crippen LogP contribution in [0.2, 0.25) is 5.02 Å². The van der Waals surface area contributed by atoms with Crippen molar-refractivity contribution < 1.29 is 17.9 Å². The molecule has 1 aromatic rings. The van der Waals surface area contributed by atoms with Gasteiger partial charge in [0.25, 0.3) is 0 Å². The summed E-state index contributed by atoms with van der Waals surface area (Å²) >= 11 is 7.64. The number of hydrogen-bond acceptors (Lipinski definition) is 1. The second-order valence-corrected chi connectivity index (χ2v) is 3.68. The van der Waals surface area contributed by atoms with Crippen LogP contribution >= 0.6 is 34.2 Å². The molecule has 0 aromatic heterocycles. The first-order valence-electron chi connectivity index (χ1n) is 3.52. The van der Waals surface area contributed by atoms with Crippen molar-refractivity contribution in [1.82, 2.24) is 0 Å². The van der Waals surface area contributed by atoms with Crippen molar-refractivity contribution in [2.45, 2.75) is 10.8 Å². The van der Waals surface area contributed by atoms with Gasteiger partial charge >= 0.3 is 6.36 Å². The van der Waals surface area contributed by atoms with Gasteiger partial charge in [-0.1, -0.05) is 34.2 Å². The van der Waals surface area contributed by atoms with E-state index in [1.165, 1.54) is 6.07 Å². The van der Waals surface area contributed by atoms with Gasteiger partial charge in [-0.25, -0.2) is 0 Å². The summed E-state index contributed by atoms with van der Waals surface area (Å²) in [5.41, 5.74) is 0.692. The fraction of sp³-hybridized carbons (Fsp3) is 0.250. The van der Waals surface area contributed by atoms with Crippen molar-refractivity contribution in [3.05, 3.63) is 28.8 Å². The molecule has 0 saturated carbocycles. The lowest BCUT2D eigenvalue weighted by molar-refractivity contribution is -0.274. The molecule has 0 aliphatic carbocycles. The van der Waals surface area contributed by atoms with Gasteiger partial charge in [0.15, 0.2) is 0 Å². The lowest BCUT2D eigenvalue weighted by atomic mass is 10.2. The van der Waals surface area contributed by atoms with Crippen LogP contribution in [0.3, 0.4) is 0 Å². The lowest BCUT2D eigenvalue weighted by Gasteiger charge is -2.09. The molecule has 0 spiro atoms. The minimum Gasteiger partial charge on any atom is -0.406 e. The minimum atomic E-state index is -4.67. The van der Waals surface area contributed by atoms with Crippen LogP contribution in [0.5, 0.6) is 5.75 Å². The highest BCUT2D eigenvalue weighted by Crippen LogP contribution is 2.27. The van der Waals surface area contributed by atoms with E-state index in [4.69, 9.17) is 11.6 Å². The summed E-state index contributed by atoms with van der Waals surface area (Å²) in [6.45, 7) is 0. The molecule has 14 heavy (non-hydrogen) atoms. The second kappa shape index (κ2) is 4.57. The predicted octanol–water partition coefficient (Wildman–Crippen LogP) is 4.17. The first-order chi connectivity index (χ1) is 6.40. The Balaban J connectivity index is 2.92. The van der Waals surface area contributed by atoms with Crippen LogP contribution in [0.15, 0.2) is 18.2 Å². The SMILES string of the molecule is FC(F)(F)Oc1cc(Cl)cc(CI)c1. The fourth-order valence-corrected chi connectivity index (χ4v) is 1.58. The quantitative estimate of drug-likeness (QED) is 0.582. The first-order valence-corrected chi connectivity index (χ1v) is 5.42. The van der Waals surface area contributed by atoms with Crippen molar-refractivity contribution in [3.63, 3.8) is 0 Å². The summed E-state index contributed by atoms with van der Waals surface area (Å²) in [6, 6.07) is 4.04. The highest BCUT2D eigenvalue weighted by Gasteiger charge is 2.31. The van der Waals surface area contributed by atoms with Gasteiger partial charge in [-0.05, 0) is 23.8 Å². The third kappa shape index (κ3) is 3.91. The molecule has 0 unspecified atom stereocenters. The van der Waals surface area contributed by atoms with Crippen molar-refractivity contribution in [2.24, 2.45) is 0 Å². The minimum absolute atomic E-state index is 0.235. The van der Waals surface area contributed by atoms with E-state index in [9.17, 15) is 13.2 Å². The van der Waals surface area contributed by atoms with Gasteiger partial charge in [-0.15, -0.1) is 13.2 Å². The Morgan fingerprint density at radius 1 is 1.29 bits per heavy atom. The van der Waals surface area contributed by atoms with Crippen LogP contribution in [-0.4, -0.2) is 6.36 Å². The molecule has 1 aromatic carbocycles. The molecule has 1 rings (SSSR count). The molecule has 0 heterocycles. The smallest absolute Gasteiger partial charge is 0.406 e. The first kappa shape index (κ1) is 11.9. The zero-order valence-corrected chi connectivity index (χ0v) is 9.65. The van der Waals surface area contributed by atoms with Crippen LogP contribution in [0.1, 0.15) is 5.56 Å². The van der Waals surface area contributed by atoms with Gasteiger partial charge in [0.2, 0.25) is 0 Å². The summed E-state index contributed by atoms with van der Waals surface area (Å²) < 4.78 is 39.8. The Kier molecular flexibility index (Phi) is 3.88. The second-order valence-electron chi connectivity index (χ2n) is 2.48. The highest BCUT2D eigenvalue weighted by atomic mass is 127. The van der Waals surface area contributed by atoms with E-state index in [2.05, 4.69) is 4.74 Å². The van der Waals surface area contributed by atoms with E-state index in [-0.39, 0.29) is 10.8 Å². The maximum Gasteiger partial charge on any atom is 0.573 e. The van der Waals surface area contributed by atoms with Gasteiger partial charge < -0.3 is 4.74 Å². The summed E-state index contributed by atoms with van der Waals surface area (Å²) in [6.07, 6.45) is -4.67. The van der Waals surface area contributed by atoms with E-state index in [0.29, 0.717) is 9.99 Å². The Morgan fingerprint density at radius 3 is 2.43 bits per heavy atom. The molecule has 0 fully saturated rings. The molecule has 6 heteroatoms. The van der Waals surface area contributed by atoms with Gasteiger partial charge in [0.05, 0.1) is 0 Å². The van der Waals surface area contributed by atoms with E-state index >= 15 is 0 Å². The topological polar surface area (TPSA) is 9.23 Å². The molecule has 1 nitrogen and oxygen atoms in total. The molecule has 0 aliphatic rings. The molecule has 0 radical (unpaired) electrons. The number of hydrogen-bond donors (Lipinski definition) is 0. The van der Waals surface area contributed by atoms with Crippen LogP contribution in [-0.2, 0) is 4.43 Å². The third-order valence-corrected chi connectivity index (χ3v) is 2.42. The molecule has 0 saturated heterocycles. The van der Waals surface area contributed by atoms with Crippen LogP contribution < -0.4 is 4.74 Å². The lowest BCUT2D eigenvalue weighted by Crippen LogP contribution is -2.17. The monoisotopic (exact) mass is 336 g/mol. The number of halogens is 5. The zero-order valence-electron chi connectivity index (χ0n) is 6.74. The van der Waals surface area contributed by atoms with E-state index in [0.717, 1.165) is 6.07 Å². The molecule has 0 atom stereocenters. The maximum absolute atomic E-state index is 11.8. The maximum atomic E-state index is 11.8. The predicted molar refractivity (Wildman–Crippen MR) is 55.9 cm³/mol. The average Bonchev–Trinajstić information content (AvgIpc) is 1.99. The number of rotatable bonds is 2. The molecule has 0 bridgehead atoms. The zero-order chi connectivity index (χ0) is 10.8. The van der Waals surface area contributed by atoms with E-state index < -0.39 is 6.36 Å². The standard InChI is InChI=1S/C8H5ClF3IO/c9-6-1-5(4-13)2-7(3-6)14-8(10,11)12/h1-3H,4H2. The highest BCUT2D eigenvalue weighted by molar-refractivity contribution is 14.1. The summed E-state index contributed by atoms with van der Waals surface area (Å²) in [5.74, 6) is -0.281. The van der Waals surface area contributed by atoms with Crippen molar-refractivity contribution in [3.8, 4) is 5.75 Å². The van der Waals surface area contributed by atoms with Gasteiger partial charge in [-0.3, -0.25) is 0 Å². The van der Waals surface area contributed by atoms with E-state index in [1.54, 1.807) is 6.07 Å². The molecular weight excluding hydrogens is 331 g/mol. The summed E-state index contributed by atoms with van der Waals surface area (Å²) in [5, 5.41) is 0.235. The van der Waals surface area contributed by atoms with E-state index in [1.807, 2.05) is 22.6 Å². The van der Waals surface area contributed by atoms with Crippen molar-refractivity contribution in [2.75, 3.05) is 0 Å². The third-order valence-electron chi connectivity index (χ3n) is 1.32.